The predicted octanol–water partition coefficient (Wildman–Crippen LogP) is 23.8. The minimum absolute atomic E-state index is 0. The third-order valence-corrected chi connectivity index (χ3v) is 52.6. The second kappa shape index (κ2) is 30.0. The topological polar surface area (TPSA) is 46.1 Å². The zero-order chi connectivity index (χ0) is 72.3. The van der Waals surface area contributed by atoms with Crippen LogP contribution in [-0.2, 0) is 62.2 Å². The summed E-state index contributed by atoms with van der Waals surface area (Å²) < 4.78 is 8.76. The molecular formula is C98H106ClO2Zr2-3. The molecule has 6 aliphatic rings. The van der Waals surface area contributed by atoms with E-state index in [9.17, 15) is 10.2 Å². The van der Waals surface area contributed by atoms with Crippen LogP contribution in [0.1, 0.15) is 205 Å². The molecule has 2 nitrogen and oxygen atoms in total. The van der Waals surface area contributed by atoms with Gasteiger partial charge in [-0.05, 0) is 32.8 Å². The summed E-state index contributed by atoms with van der Waals surface area (Å²) in [5.74, 6) is 0.297. The van der Waals surface area contributed by atoms with Crippen molar-refractivity contribution in [2.75, 3.05) is 0 Å². The molecule has 2 fully saturated rings. The van der Waals surface area contributed by atoms with E-state index in [4.69, 9.17) is 0 Å². The van der Waals surface area contributed by atoms with Crippen LogP contribution in [-0.4, -0.2) is 0 Å². The standard InChI is InChI=1S/4C16H13.2C14H22O.C4H8.C2H4.ClH.2Zr/c4*1-12-10-14-8-5-9-15(16(14)11-12)13-6-3-2-4-7-13;2*1-13(2,3)10-7-8-12(15)11(9-10)14(4,5)6;1-3-4-2;1-2;;;/h4*2-11H,1H3;2*7-9,15H,1-6H3;1-4H2;1-2H2;1H;;/p-3. The zero-order valence-corrected chi connectivity index (χ0v) is 69.7. The molecule has 2 heterocycles. The first-order chi connectivity index (χ1) is 48.6. The first-order valence-corrected chi connectivity index (χ1v) is 50.3. The summed E-state index contributed by atoms with van der Waals surface area (Å²) in [6.45, 7) is 35.2. The van der Waals surface area contributed by atoms with E-state index in [1.165, 1.54) is 107 Å². The van der Waals surface area contributed by atoms with E-state index in [2.05, 4.69) is 341 Å². The number of hydrogen-bond acceptors (Lipinski definition) is 2. The van der Waals surface area contributed by atoms with E-state index in [0.717, 1.165) is 11.1 Å². The number of rotatable bonds is 8. The molecule has 2 aliphatic heterocycles. The fourth-order valence-corrected chi connectivity index (χ4v) is 54.2. The monoisotopic (exact) mass is 1530 g/mol. The van der Waals surface area contributed by atoms with Gasteiger partial charge in [-0.25, -0.2) is 0 Å². The molecule has 0 aromatic heterocycles. The molecule has 4 atom stereocenters. The molecule has 5 heteroatoms. The number of halogens is 1. The van der Waals surface area contributed by atoms with Gasteiger partial charge in [-0.15, -0.1) is 11.5 Å². The molecule has 16 rings (SSSR count). The van der Waals surface area contributed by atoms with E-state index in [1.807, 2.05) is 12.1 Å². The van der Waals surface area contributed by atoms with Gasteiger partial charge in [-0.1, -0.05) is 131 Å². The van der Waals surface area contributed by atoms with Gasteiger partial charge in [-0.2, -0.15) is 0 Å². The van der Waals surface area contributed by atoms with Crippen molar-refractivity contribution in [1.29, 1.82) is 0 Å². The number of benzene rings is 10. The van der Waals surface area contributed by atoms with Gasteiger partial charge in [0.25, 0.3) is 0 Å². The summed E-state index contributed by atoms with van der Waals surface area (Å²) in [6.07, 6.45) is 13.0. The van der Waals surface area contributed by atoms with Gasteiger partial charge >= 0.3 is 442 Å². The third-order valence-electron chi connectivity index (χ3n) is 23.4. The Labute approximate surface area is 633 Å². The average molecular weight is 1530 g/mol. The van der Waals surface area contributed by atoms with Crippen LogP contribution in [0.2, 0.25) is 16.5 Å². The summed E-state index contributed by atoms with van der Waals surface area (Å²) >= 11 is -5.37. The fraction of sp³-hybridized carbons (Fsp3) is 0.306. The molecule has 0 bridgehead atoms. The van der Waals surface area contributed by atoms with Crippen LogP contribution in [0.5, 0.6) is 11.5 Å². The first-order valence-electron chi connectivity index (χ1n) is 37.7. The van der Waals surface area contributed by atoms with Crippen LogP contribution in [0.4, 0.5) is 0 Å². The van der Waals surface area contributed by atoms with Crippen molar-refractivity contribution in [2.45, 2.75) is 176 Å². The second-order valence-corrected chi connectivity index (χ2v) is 57.3. The fourth-order valence-electron chi connectivity index (χ4n) is 18.6. The normalized spacial score (nSPS) is 18.6. The molecule has 10 aromatic rings. The van der Waals surface area contributed by atoms with Gasteiger partial charge in [0, 0.05) is 0 Å². The Balaban J connectivity index is 0.000000140. The predicted molar refractivity (Wildman–Crippen MR) is 428 cm³/mol. The second-order valence-electron chi connectivity index (χ2n) is 34.6. The van der Waals surface area contributed by atoms with Crippen molar-refractivity contribution in [3.8, 4) is 56.0 Å². The summed E-state index contributed by atoms with van der Waals surface area (Å²) in [4.78, 5) is 0. The van der Waals surface area contributed by atoms with Crippen LogP contribution >= 0.6 is 0 Å². The quantitative estimate of drug-likeness (QED) is 0.152. The van der Waals surface area contributed by atoms with Crippen molar-refractivity contribution in [1.82, 2.24) is 0 Å². The van der Waals surface area contributed by atoms with Gasteiger partial charge < -0.3 is 22.6 Å². The smallest absolute Gasteiger partial charge is 1.00 e. The third kappa shape index (κ3) is 15.1. The van der Waals surface area contributed by atoms with Gasteiger partial charge in [0.05, 0.1) is 0 Å². The van der Waals surface area contributed by atoms with Crippen molar-refractivity contribution in [3.05, 3.63) is 320 Å². The molecule has 2 saturated heterocycles. The molecule has 0 saturated carbocycles. The van der Waals surface area contributed by atoms with Gasteiger partial charge in [0.15, 0.2) is 0 Å². The van der Waals surface area contributed by atoms with E-state index in [0.29, 0.717) is 14.5 Å². The molecule has 10 aromatic carbocycles. The Morgan fingerprint density at radius 1 is 0.282 bits per heavy atom. The molecule has 0 N–H and O–H groups in total. The van der Waals surface area contributed by atoms with Crippen LogP contribution < -0.4 is 22.6 Å². The summed E-state index contributed by atoms with van der Waals surface area (Å²) in [5, 5.41) is 23.5. The molecule has 0 spiro atoms. The molecule has 103 heavy (non-hydrogen) atoms. The summed E-state index contributed by atoms with van der Waals surface area (Å²) in [5.41, 5.74) is 34.3. The summed E-state index contributed by atoms with van der Waals surface area (Å²) in [6, 6.07) is 83.7. The van der Waals surface area contributed by atoms with Gasteiger partial charge in [-0.3, -0.25) is 0 Å². The number of hydrogen-bond donors (Lipinski definition) is 0. The first kappa shape index (κ1) is 75.5. The average Bonchev–Trinajstić information content (AvgIpc) is 1.54. The van der Waals surface area contributed by atoms with Gasteiger partial charge in [0.1, 0.15) is 0 Å². The Hall–Kier alpha value is -7.18. The van der Waals surface area contributed by atoms with Crippen LogP contribution in [0.15, 0.2) is 253 Å². The summed E-state index contributed by atoms with van der Waals surface area (Å²) in [7, 11) is 0. The molecular weight excluding hydrogens is 1430 g/mol. The molecule has 4 aliphatic carbocycles. The molecule has 4 unspecified atom stereocenters. The van der Waals surface area contributed by atoms with E-state index in [-0.39, 0.29) is 45.6 Å². The zero-order valence-electron chi connectivity index (χ0n) is 64.0. The molecule has 528 valence electrons. The Bertz CT molecular complexity index is 4560. The maximum Gasteiger partial charge on any atom is -1.00 e. The Kier molecular flexibility index (Phi) is 22.0. The largest absolute Gasteiger partial charge is 1.00 e. The maximum atomic E-state index is 11.7. The van der Waals surface area contributed by atoms with E-state index >= 15 is 0 Å². The number of allylic oxidation sites excluding steroid dienone is 4. The van der Waals surface area contributed by atoms with Crippen LogP contribution in [0.3, 0.4) is 0 Å². The minimum atomic E-state index is -2.81. The van der Waals surface area contributed by atoms with Crippen molar-refractivity contribution in [2.24, 2.45) is 0 Å². The molecule has 0 radical (unpaired) electrons. The van der Waals surface area contributed by atoms with E-state index < -0.39 is 40.5 Å². The van der Waals surface area contributed by atoms with Crippen molar-refractivity contribution >= 4 is 24.3 Å². The Morgan fingerprint density at radius 3 is 0.748 bits per heavy atom. The van der Waals surface area contributed by atoms with Gasteiger partial charge in [0.2, 0.25) is 0 Å². The van der Waals surface area contributed by atoms with E-state index in [1.54, 1.807) is 56.7 Å². The molecule has 0 amide bonds. The maximum absolute atomic E-state index is 11.7. The van der Waals surface area contributed by atoms with Crippen molar-refractivity contribution in [3.63, 3.8) is 0 Å². The SMILES string of the molecule is CC(C)(C)c1ccc([O-])c(C(C)(C)C)c1.CC(C)(C)c1ccc([O-])c(C(C)(C)C)c1.CC1=Cc2c(-c3ccccc3)cccc2[CH]1[Zr]1([CH]2C(C)=Cc3c(-c4ccccc4)cccc32)[CH2]CC[CH2]1.CC1=Cc2c(-c3ccccc3)cccc2[CH]1[Zr]1([CH]2C(C)=Cc3c(-c4ccccc4)cccc32)[CH2][CH2]1.[Cl-]. The number of fused-ring (bicyclic) bond motifs is 4. The minimum Gasteiger partial charge on any atom is -1.00 e. The van der Waals surface area contributed by atoms with Crippen molar-refractivity contribution < 1.29 is 63.2 Å². The Morgan fingerprint density at radius 2 is 0.524 bits per heavy atom. The van der Waals surface area contributed by atoms with Crippen LogP contribution in [0, 0.1) is 0 Å². The van der Waals surface area contributed by atoms with Crippen LogP contribution in [0.25, 0.3) is 68.8 Å².